The Hall–Kier alpha value is -3.13. The zero-order valence-corrected chi connectivity index (χ0v) is 10.3. The quantitative estimate of drug-likeness (QED) is 0.770. The van der Waals surface area contributed by atoms with Crippen LogP contribution >= 0.6 is 0 Å². The molecule has 2 aromatic heterocycles. The number of hydrogen-bond donors (Lipinski definition) is 1. The van der Waals surface area contributed by atoms with Gasteiger partial charge in [-0.3, -0.25) is 4.57 Å². The van der Waals surface area contributed by atoms with Gasteiger partial charge in [-0.2, -0.15) is 5.26 Å². The van der Waals surface area contributed by atoms with Gasteiger partial charge in [-0.05, 0) is 24.3 Å². The predicted octanol–water partition coefficient (Wildman–Crippen LogP) is 2.60. The van der Waals surface area contributed by atoms with E-state index < -0.39 is 5.97 Å². The van der Waals surface area contributed by atoms with Gasteiger partial charge in [0.25, 0.3) is 0 Å². The van der Waals surface area contributed by atoms with Gasteiger partial charge in [0.1, 0.15) is 17.3 Å². The van der Waals surface area contributed by atoms with Crippen LogP contribution < -0.4 is 0 Å². The average Bonchev–Trinajstić information content (AvgIpc) is 2.94. The van der Waals surface area contributed by atoms with Crippen LogP contribution in [0, 0.1) is 11.3 Å². The summed E-state index contributed by atoms with van der Waals surface area (Å²) >= 11 is 0. The predicted molar refractivity (Wildman–Crippen MR) is 72.7 cm³/mol. The number of nitrogens with zero attached hydrogens (tertiary/aromatic N) is 3. The third-order valence-electron chi connectivity index (χ3n) is 3.03. The molecule has 5 heteroatoms. The second-order valence-electron chi connectivity index (χ2n) is 4.23. The number of hydrogen-bond acceptors (Lipinski definition) is 3. The van der Waals surface area contributed by atoms with Gasteiger partial charge >= 0.3 is 5.97 Å². The van der Waals surface area contributed by atoms with Crippen molar-refractivity contribution in [3.05, 3.63) is 59.9 Å². The highest BCUT2D eigenvalue weighted by atomic mass is 16.4. The van der Waals surface area contributed by atoms with Crippen molar-refractivity contribution in [2.75, 3.05) is 0 Å². The zero-order chi connectivity index (χ0) is 14.1. The third-order valence-corrected chi connectivity index (χ3v) is 3.03. The molecule has 0 saturated carbocycles. The van der Waals surface area contributed by atoms with Gasteiger partial charge in [-0.1, -0.05) is 18.2 Å². The standard InChI is InChI=1S/C15H9N3O2/c16-9-11-5-3-7-18(11)14-12(15(19)20)8-10-4-1-2-6-13(10)17-14/h1-8H,(H,19,20). The Labute approximate surface area is 114 Å². The summed E-state index contributed by atoms with van der Waals surface area (Å²) in [5.41, 5.74) is 1.09. The number of para-hydroxylation sites is 1. The molecule has 0 amide bonds. The highest BCUT2D eigenvalue weighted by Crippen LogP contribution is 2.21. The Kier molecular flexibility index (Phi) is 2.70. The van der Waals surface area contributed by atoms with E-state index >= 15 is 0 Å². The van der Waals surface area contributed by atoms with Crippen LogP contribution in [0.15, 0.2) is 48.7 Å². The molecule has 0 saturated heterocycles. The molecule has 0 aliphatic rings. The van der Waals surface area contributed by atoms with E-state index in [1.165, 1.54) is 4.57 Å². The van der Waals surface area contributed by atoms with Crippen LogP contribution in [0.3, 0.4) is 0 Å². The fourth-order valence-corrected chi connectivity index (χ4v) is 2.10. The maximum absolute atomic E-state index is 11.4. The fraction of sp³-hybridized carbons (Fsp3) is 0. The second kappa shape index (κ2) is 4.52. The Balaban J connectivity index is 2.36. The summed E-state index contributed by atoms with van der Waals surface area (Å²) in [5.74, 6) is -0.825. The molecule has 3 aromatic rings. The molecule has 2 heterocycles. The van der Waals surface area contributed by atoms with E-state index in [-0.39, 0.29) is 11.4 Å². The largest absolute Gasteiger partial charge is 0.478 e. The van der Waals surface area contributed by atoms with Crippen molar-refractivity contribution < 1.29 is 9.90 Å². The smallest absolute Gasteiger partial charge is 0.339 e. The molecule has 0 unspecified atom stereocenters. The number of pyridine rings is 1. The first kappa shape index (κ1) is 11.9. The SMILES string of the molecule is N#Cc1cccn1-c1nc2ccccc2cc1C(=O)O. The van der Waals surface area contributed by atoms with Gasteiger partial charge in [0.15, 0.2) is 5.82 Å². The molecular formula is C15H9N3O2. The van der Waals surface area contributed by atoms with Gasteiger partial charge in [0.2, 0.25) is 0 Å². The second-order valence-corrected chi connectivity index (χ2v) is 4.23. The van der Waals surface area contributed by atoms with Crippen molar-refractivity contribution in [3.63, 3.8) is 0 Å². The molecule has 1 aromatic carbocycles. The van der Waals surface area contributed by atoms with E-state index in [0.29, 0.717) is 11.2 Å². The topological polar surface area (TPSA) is 78.9 Å². The highest BCUT2D eigenvalue weighted by molar-refractivity contribution is 5.96. The Morgan fingerprint density at radius 3 is 2.80 bits per heavy atom. The lowest BCUT2D eigenvalue weighted by Crippen LogP contribution is -2.08. The lowest BCUT2D eigenvalue weighted by molar-refractivity contribution is 0.0696. The number of carboxylic acids is 1. The van der Waals surface area contributed by atoms with Crippen molar-refractivity contribution in [1.82, 2.24) is 9.55 Å². The maximum Gasteiger partial charge on any atom is 0.339 e. The summed E-state index contributed by atoms with van der Waals surface area (Å²) < 4.78 is 1.48. The first-order chi connectivity index (χ1) is 9.70. The van der Waals surface area contributed by atoms with Gasteiger partial charge in [-0.15, -0.1) is 0 Å². The van der Waals surface area contributed by atoms with Crippen LogP contribution in [0.2, 0.25) is 0 Å². The highest BCUT2D eigenvalue weighted by Gasteiger charge is 2.16. The van der Waals surface area contributed by atoms with Gasteiger partial charge in [-0.25, -0.2) is 9.78 Å². The van der Waals surface area contributed by atoms with Crippen molar-refractivity contribution in [3.8, 4) is 11.9 Å². The summed E-state index contributed by atoms with van der Waals surface area (Å²) in [6, 6.07) is 14.2. The molecule has 0 aliphatic carbocycles. The number of aromatic nitrogens is 2. The number of carbonyl (C=O) groups is 1. The molecule has 20 heavy (non-hydrogen) atoms. The van der Waals surface area contributed by atoms with Crippen LogP contribution in [0.4, 0.5) is 0 Å². The Morgan fingerprint density at radius 1 is 1.25 bits per heavy atom. The van der Waals surface area contributed by atoms with E-state index in [1.807, 2.05) is 18.2 Å². The first-order valence-corrected chi connectivity index (χ1v) is 5.91. The van der Waals surface area contributed by atoms with Crippen molar-refractivity contribution >= 4 is 16.9 Å². The van der Waals surface area contributed by atoms with E-state index in [4.69, 9.17) is 5.26 Å². The van der Waals surface area contributed by atoms with Crippen LogP contribution in [0.1, 0.15) is 16.1 Å². The number of nitriles is 1. The molecule has 1 N–H and O–H groups in total. The summed E-state index contributed by atoms with van der Waals surface area (Å²) in [6.07, 6.45) is 1.63. The van der Waals surface area contributed by atoms with Crippen LogP contribution in [-0.4, -0.2) is 20.6 Å². The van der Waals surface area contributed by atoms with Gasteiger partial charge < -0.3 is 5.11 Å². The molecule has 0 atom stereocenters. The van der Waals surface area contributed by atoms with E-state index in [9.17, 15) is 9.90 Å². The average molecular weight is 263 g/mol. The lowest BCUT2D eigenvalue weighted by atomic mass is 10.1. The molecule has 5 nitrogen and oxygen atoms in total. The van der Waals surface area contributed by atoms with Crippen molar-refractivity contribution in [2.24, 2.45) is 0 Å². The molecule has 0 radical (unpaired) electrons. The summed E-state index contributed by atoms with van der Waals surface area (Å²) in [4.78, 5) is 15.8. The number of benzene rings is 1. The molecule has 3 rings (SSSR count). The van der Waals surface area contributed by atoms with Crippen LogP contribution in [-0.2, 0) is 0 Å². The monoisotopic (exact) mass is 263 g/mol. The summed E-state index contributed by atoms with van der Waals surface area (Å²) in [6.45, 7) is 0. The van der Waals surface area contributed by atoms with Crippen LogP contribution in [0.25, 0.3) is 16.7 Å². The Bertz CT molecular complexity index is 859. The normalized spacial score (nSPS) is 10.3. The molecule has 0 aliphatic heterocycles. The molecule has 96 valence electrons. The molecular weight excluding hydrogens is 254 g/mol. The number of aromatic carboxylic acids is 1. The molecule has 0 spiro atoms. The number of rotatable bonds is 2. The fourth-order valence-electron chi connectivity index (χ4n) is 2.10. The van der Waals surface area contributed by atoms with Crippen molar-refractivity contribution in [2.45, 2.75) is 0 Å². The Morgan fingerprint density at radius 2 is 2.05 bits per heavy atom. The number of carboxylic acid groups (broad SMARTS) is 1. The minimum absolute atomic E-state index is 0.0661. The van der Waals surface area contributed by atoms with Gasteiger partial charge in [0, 0.05) is 11.6 Å². The van der Waals surface area contributed by atoms with E-state index in [2.05, 4.69) is 4.98 Å². The minimum atomic E-state index is -1.07. The molecule has 0 bridgehead atoms. The molecule has 0 fully saturated rings. The van der Waals surface area contributed by atoms with Gasteiger partial charge in [0.05, 0.1) is 5.52 Å². The maximum atomic E-state index is 11.4. The lowest BCUT2D eigenvalue weighted by Gasteiger charge is -2.09. The zero-order valence-electron chi connectivity index (χ0n) is 10.3. The summed E-state index contributed by atoms with van der Waals surface area (Å²) in [5, 5.41) is 19.2. The first-order valence-electron chi connectivity index (χ1n) is 5.91. The third kappa shape index (κ3) is 1.80. The summed E-state index contributed by atoms with van der Waals surface area (Å²) in [7, 11) is 0. The van der Waals surface area contributed by atoms with E-state index in [0.717, 1.165) is 5.39 Å². The van der Waals surface area contributed by atoms with Crippen molar-refractivity contribution in [1.29, 1.82) is 5.26 Å². The van der Waals surface area contributed by atoms with E-state index in [1.54, 1.807) is 36.5 Å². The minimum Gasteiger partial charge on any atom is -0.478 e. The number of fused-ring (bicyclic) bond motifs is 1. The van der Waals surface area contributed by atoms with Crippen LogP contribution in [0.5, 0.6) is 0 Å².